The lowest BCUT2D eigenvalue weighted by atomic mass is 10.2. The van der Waals surface area contributed by atoms with Crippen LogP contribution >= 0.6 is 0 Å². The average Bonchev–Trinajstić information content (AvgIpc) is 2.18. The molecule has 6 nitrogen and oxygen atoms in total. The molecule has 14 heavy (non-hydrogen) atoms. The number of oxime groups is 1. The van der Waals surface area contributed by atoms with Gasteiger partial charge in [0.15, 0.2) is 0 Å². The van der Waals surface area contributed by atoms with Gasteiger partial charge >= 0.3 is 0 Å². The van der Waals surface area contributed by atoms with Crippen LogP contribution in [0.25, 0.3) is 0 Å². The fourth-order valence-corrected chi connectivity index (χ4v) is 0.982. The van der Waals surface area contributed by atoms with Crippen LogP contribution in [-0.4, -0.2) is 23.5 Å². The topological polar surface area (TPSA) is 85.0 Å². The summed E-state index contributed by atoms with van der Waals surface area (Å²) >= 11 is 0. The zero-order valence-corrected chi connectivity index (χ0v) is 7.38. The zero-order chi connectivity index (χ0) is 10.6. The van der Waals surface area contributed by atoms with Gasteiger partial charge in [0.2, 0.25) is 0 Å². The fraction of sp³-hybridized carbons (Fsp3) is 0.125. The maximum Gasteiger partial charge on any atom is 0.273 e. The molecule has 1 aromatic carbocycles. The van der Waals surface area contributed by atoms with Crippen LogP contribution in [0.5, 0.6) is 5.75 Å². The van der Waals surface area contributed by atoms with Gasteiger partial charge in [0.1, 0.15) is 5.75 Å². The molecule has 0 unspecified atom stereocenters. The molecule has 0 radical (unpaired) electrons. The fourth-order valence-electron chi connectivity index (χ4n) is 0.982. The predicted molar refractivity (Wildman–Crippen MR) is 49.0 cm³/mol. The largest absolute Gasteiger partial charge is 0.496 e. The molecule has 1 rings (SSSR count). The van der Waals surface area contributed by atoms with E-state index in [1.54, 1.807) is 0 Å². The van der Waals surface area contributed by atoms with Gasteiger partial charge in [-0.25, -0.2) is 0 Å². The van der Waals surface area contributed by atoms with Crippen molar-refractivity contribution in [3.05, 3.63) is 33.9 Å². The molecule has 0 aromatic heterocycles. The van der Waals surface area contributed by atoms with E-state index < -0.39 is 4.92 Å². The molecule has 74 valence electrons. The molecular formula is C8H8N2O4. The average molecular weight is 196 g/mol. The maximum absolute atomic E-state index is 10.4. The van der Waals surface area contributed by atoms with Crippen LogP contribution in [0.1, 0.15) is 5.56 Å². The quantitative estimate of drug-likeness (QED) is 0.343. The zero-order valence-electron chi connectivity index (χ0n) is 7.38. The minimum absolute atomic E-state index is 0.0723. The number of ether oxygens (including phenoxy) is 1. The first kappa shape index (κ1) is 9.97. The molecule has 0 bridgehead atoms. The lowest BCUT2D eigenvalue weighted by Gasteiger charge is -2.02. The van der Waals surface area contributed by atoms with Crippen molar-refractivity contribution in [2.45, 2.75) is 0 Å². The first-order valence-corrected chi connectivity index (χ1v) is 3.69. The van der Waals surface area contributed by atoms with Crippen molar-refractivity contribution in [3.63, 3.8) is 0 Å². The van der Waals surface area contributed by atoms with Gasteiger partial charge < -0.3 is 9.94 Å². The van der Waals surface area contributed by atoms with Crippen LogP contribution in [0, 0.1) is 10.1 Å². The molecule has 0 atom stereocenters. The summed E-state index contributed by atoms with van der Waals surface area (Å²) in [6, 6.07) is 4.01. The van der Waals surface area contributed by atoms with Crippen LogP contribution < -0.4 is 4.74 Å². The van der Waals surface area contributed by atoms with E-state index in [0.717, 1.165) is 6.21 Å². The Morgan fingerprint density at radius 1 is 1.64 bits per heavy atom. The van der Waals surface area contributed by atoms with Crippen molar-refractivity contribution in [1.29, 1.82) is 0 Å². The Labute approximate surface area is 79.6 Å². The number of benzene rings is 1. The number of nitrogens with zero attached hydrogens (tertiary/aromatic N) is 2. The van der Waals surface area contributed by atoms with Crippen LogP contribution in [0.4, 0.5) is 5.69 Å². The minimum Gasteiger partial charge on any atom is -0.496 e. The van der Waals surface area contributed by atoms with Gasteiger partial charge in [-0.05, 0) is 6.07 Å². The van der Waals surface area contributed by atoms with Gasteiger partial charge in [-0.2, -0.15) is 0 Å². The van der Waals surface area contributed by atoms with Crippen molar-refractivity contribution in [1.82, 2.24) is 0 Å². The molecule has 0 heterocycles. The van der Waals surface area contributed by atoms with Crippen molar-refractivity contribution in [2.75, 3.05) is 7.11 Å². The predicted octanol–water partition coefficient (Wildman–Crippen LogP) is 1.41. The van der Waals surface area contributed by atoms with Crippen LogP contribution in [0.15, 0.2) is 23.4 Å². The molecule has 0 saturated heterocycles. The highest BCUT2D eigenvalue weighted by molar-refractivity contribution is 5.83. The summed E-state index contributed by atoms with van der Waals surface area (Å²) in [6.07, 6.45) is 1.14. The smallest absolute Gasteiger partial charge is 0.273 e. The minimum atomic E-state index is -0.525. The van der Waals surface area contributed by atoms with E-state index in [1.165, 1.54) is 25.3 Å². The van der Waals surface area contributed by atoms with E-state index in [9.17, 15) is 10.1 Å². The van der Waals surface area contributed by atoms with Crippen molar-refractivity contribution in [3.8, 4) is 5.75 Å². The highest BCUT2D eigenvalue weighted by atomic mass is 16.6. The Balaban J connectivity index is 3.17. The molecule has 0 aliphatic heterocycles. The third-order valence-corrected chi connectivity index (χ3v) is 1.62. The van der Waals surface area contributed by atoms with E-state index in [0.29, 0.717) is 5.56 Å². The summed E-state index contributed by atoms with van der Waals surface area (Å²) in [7, 11) is 1.38. The Kier molecular flexibility index (Phi) is 3.01. The van der Waals surface area contributed by atoms with E-state index in [1.807, 2.05) is 0 Å². The van der Waals surface area contributed by atoms with Crippen LogP contribution in [-0.2, 0) is 0 Å². The third kappa shape index (κ3) is 1.98. The van der Waals surface area contributed by atoms with Gasteiger partial charge in [-0.3, -0.25) is 10.1 Å². The Morgan fingerprint density at radius 2 is 2.36 bits per heavy atom. The highest BCUT2D eigenvalue weighted by Gasteiger charge is 2.09. The van der Waals surface area contributed by atoms with Crippen molar-refractivity contribution in [2.24, 2.45) is 5.16 Å². The summed E-state index contributed by atoms with van der Waals surface area (Å²) in [4.78, 5) is 9.88. The van der Waals surface area contributed by atoms with Crippen molar-refractivity contribution < 1.29 is 14.9 Å². The Hall–Kier alpha value is -2.11. The second kappa shape index (κ2) is 4.22. The summed E-state index contributed by atoms with van der Waals surface area (Å²) in [5.41, 5.74) is 0.400. The van der Waals surface area contributed by atoms with Gasteiger partial charge in [0.05, 0.1) is 24.3 Å². The summed E-state index contributed by atoms with van der Waals surface area (Å²) in [5.74, 6) is 0.289. The SMILES string of the molecule is COc1cc([N+](=O)[O-])ccc1C=NO. The Morgan fingerprint density at radius 3 is 2.86 bits per heavy atom. The number of non-ortho nitro benzene ring substituents is 1. The summed E-state index contributed by atoms with van der Waals surface area (Å²) in [5, 5.41) is 21.5. The third-order valence-electron chi connectivity index (χ3n) is 1.62. The lowest BCUT2D eigenvalue weighted by Crippen LogP contribution is -1.94. The molecule has 1 N–H and O–H groups in total. The number of methoxy groups -OCH3 is 1. The number of hydrogen-bond donors (Lipinski definition) is 1. The summed E-state index contributed by atoms with van der Waals surface area (Å²) in [6.45, 7) is 0. The molecule has 0 fully saturated rings. The maximum atomic E-state index is 10.4. The molecule has 6 heteroatoms. The molecular weight excluding hydrogens is 188 g/mol. The molecule has 0 aliphatic carbocycles. The number of hydrogen-bond acceptors (Lipinski definition) is 5. The number of rotatable bonds is 3. The molecule has 0 saturated carbocycles. The van der Waals surface area contributed by atoms with E-state index in [4.69, 9.17) is 9.94 Å². The van der Waals surface area contributed by atoms with Gasteiger partial charge in [-0.1, -0.05) is 5.16 Å². The number of nitro benzene ring substituents is 1. The molecule has 0 aliphatic rings. The first-order chi connectivity index (χ1) is 6.69. The van der Waals surface area contributed by atoms with Gasteiger partial charge in [0, 0.05) is 11.6 Å². The molecule has 0 spiro atoms. The number of nitro groups is 1. The van der Waals surface area contributed by atoms with Crippen LogP contribution in [0.3, 0.4) is 0 Å². The van der Waals surface area contributed by atoms with E-state index in [-0.39, 0.29) is 11.4 Å². The van der Waals surface area contributed by atoms with Crippen molar-refractivity contribution >= 4 is 11.9 Å². The second-order valence-electron chi connectivity index (χ2n) is 2.43. The van der Waals surface area contributed by atoms with Gasteiger partial charge in [0.25, 0.3) is 5.69 Å². The Bertz CT molecular complexity index is 376. The van der Waals surface area contributed by atoms with Gasteiger partial charge in [-0.15, -0.1) is 0 Å². The first-order valence-electron chi connectivity index (χ1n) is 3.69. The van der Waals surface area contributed by atoms with Crippen LogP contribution in [0.2, 0.25) is 0 Å². The second-order valence-corrected chi connectivity index (χ2v) is 2.43. The molecule has 1 aromatic rings. The van der Waals surface area contributed by atoms with E-state index in [2.05, 4.69) is 5.16 Å². The normalized spacial score (nSPS) is 10.4. The standard InChI is InChI=1S/C8H8N2O4/c1-14-8-4-7(10(12)13)3-2-6(8)5-9-11/h2-5,11H,1H3. The highest BCUT2D eigenvalue weighted by Crippen LogP contribution is 2.22. The lowest BCUT2D eigenvalue weighted by molar-refractivity contribution is -0.384. The van der Waals surface area contributed by atoms with E-state index >= 15 is 0 Å². The summed E-state index contributed by atoms with van der Waals surface area (Å²) < 4.78 is 4.88. The molecule has 0 amide bonds. The monoisotopic (exact) mass is 196 g/mol.